The molecule has 3 atom stereocenters. The topological polar surface area (TPSA) is 124 Å². The van der Waals surface area contributed by atoms with Gasteiger partial charge in [0.15, 0.2) is 5.60 Å². The van der Waals surface area contributed by atoms with Gasteiger partial charge in [0.05, 0.1) is 11.2 Å². The van der Waals surface area contributed by atoms with Crippen molar-refractivity contribution in [1.29, 1.82) is 0 Å². The Morgan fingerprint density at radius 2 is 1.04 bits per heavy atom. The number of carbonyl (C=O) groups is 1. The first-order valence-electron chi connectivity index (χ1n) is 16.3. The van der Waals surface area contributed by atoms with Crippen molar-refractivity contribution in [1.82, 2.24) is 0 Å². The lowest BCUT2D eigenvalue weighted by Gasteiger charge is -2.39. The summed E-state index contributed by atoms with van der Waals surface area (Å²) in [5.41, 5.74) is -9.60. The Labute approximate surface area is 284 Å². The highest BCUT2D eigenvalue weighted by atomic mass is 19.4. The fourth-order valence-corrected chi connectivity index (χ4v) is 7.23. The summed E-state index contributed by atoms with van der Waals surface area (Å²) in [6, 6.07) is 0. The van der Waals surface area contributed by atoms with Crippen molar-refractivity contribution < 1.29 is 83.3 Å². The zero-order valence-corrected chi connectivity index (χ0v) is 28.9. The van der Waals surface area contributed by atoms with Crippen LogP contribution in [0.5, 0.6) is 0 Å². The lowest BCUT2D eigenvalue weighted by molar-refractivity contribution is -0.450. The maximum atomic E-state index is 13.5. The minimum Gasteiger partial charge on any atom is -0.397 e. The molecule has 2 aliphatic heterocycles. The third-order valence-electron chi connectivity index (χ3n) is 10.6. The van der Waals surface area contributed by atoms with E-state index in [2.05, 4.69) is 11.3 Å². The molecule has 3 aliphatic carbocycles. The summed E-state index contributed by atoms with van der Waals surface area (Å²) in [5.74, 6) is -8.02. The van der Waals surface area contributed by atoms with Gasteiger partial charge in [-0.05, 0) is 80.1 Å². The molecule has 2 spiro atoms. The molecule has 9 nitrogen and oxygen atoms in total. The molecular formula is C32H47F9O9. The zero-order valence-electron chi connectivity index (χ0n) is 28.9. The van der Waals surface area contributed by atoms with E-state index >= 15 is 0 Å². The average Bonchev–Trinajstić information content (AvgIpc) is 3.74. The molecule has 5 aliphatic rings. The van der Waals surface area contributed by atoms with E-state index in [-0.39, 0.29) is 18.4 Å². The predicted molar refractivity (Wildman–Crippen MR) is 156 cm³/mol. The lowest BCUT2D eigenvalue weighted by atomic mass is 9.82. The summed E-state index contributed by atoms with van der Waals surface area (Å²) in [6.45, 7) is 11.3. The largest absolute Gasteiger partial charge is 0.486 e. The first-order chi connectivity index (χ1) is 22.3. The van der Waals surface area contributed by atoms with Gasteiger partial charge >= 0.3 is 36.4 Å². The number of alkyl halides is 9. The number of ether oxygens (including phenoxy) is 5. The van der Waals surface area contributed by atoms with Gasteiger partial charge in [0, 0.05) is 5.57 Å². The molecule has 5 fully saturated rings. The molecule has 18 heteroatoms. The monoisotopic (exact) mass is 746 g/mol. The molecule has 0 amide bonds. The van der Waals surface area contributed by atoms with Gasteiger partial charge in [-0.25, -0.2) is 4.79 Å². The standard InChI is InChI=1S/C14H19F3O4.C10H15F3O3.C8H13F3O2/c1-9(2)10(18)19-14(13(15,16)17)20-11(3,4)12(21-14)7-5-6-8-12;1-7(2)8(5-3-4-6-8)16-10(14,15-7)9(11,12)13;1-6(12,8(9,10)11)7(13)4-2-3-5-7/h1,5-8H2,2-4H3;14H,3-6H2,1-2H3;12-13H,2-5H2,1H3. The summed E-state index contributed by atoms with van der Waals surface area (Å²) < 4.78 is 140. The number of hydrogen-bond acceptors (Lipinski definition) is 9. The average molecular weight is 747 g/mol. The fourth-order valence-electron chi connectivity index (χ4n) is 7.23. The van der Waals surface area contributed by atoms with E-state index in [9.17, 15) is 59.6 Å². The Morgan fingerprint density at radius 1 is 0.660 bits per heavy atom. The van der Waals surface area contributed by atoms with Crippen molar-refractivity contribution in [2.75, 3.05) is 0 Å². The van der Waals surface area contributed by atoms with Gasteiger partial charge in [-0.3, -0.25) is 0 Å². The zero-order chi connectivity index (χ0) is 38.7. The van der Waals surface area contributed by atoms with E-state index < -0.39 is 70.1 Å². The maximum Gasteiger partial charge on any atom is 0.486 e. The number of carbonyl (C=O) groups excluding carboxylic acids is 1. The van der Waals surface area contributed by atoms with Gasteiger partial charge < -0.3 is 39.0 Å². The first kappa shape index (κ1) is 42.7. The second-order valence-corrected chi connectivity index (χ2v) is 14.9. The molecule has 0 radical (unpaired) electrons. The van der Waals surface area contributed by atoms with Gasteiger partial charge in [0.25, 0.3) is 0 Å². The molecule has 3 N–H and O–H groups in total. The Hall–Kier alpha value is -1.70. The number of hydrogen-bond donors (Lipinski definition) is 3. The van der Waals surface area contributed by atoms with E-state index in [0.717, 1.165) is 25.7 Å². The number of halogens is 9. The summed E-state index contributed by atoms with van der Waals surface area (Å²) in [5, 5.41) is 28.2. The van der Waals surface area contributed by atoms with E-state index in [4.69, 9.17) is 18.9 Å². The molecule has 3 unspecified atom stereocenters. The second-order valence-electron chi connectivity index (χ2n) is 14.9. The molecule has 0 bridgehead atoms. The minimum absolute atomic E-state index is 0.0134. The molecule has 292 valence electrons. The van der Waals surface area contributed by atoms with Crippen LogP contribution in [-0.4, -0.2) is 85.4 Å². The SMILES string of the molecule is C=C(C)C(=O)OC1(C(F)(F)F)OC(C)(C)C2(CCCC2)O1.CC(O)(C(F)(F)F)C1(O)CCCC1.CC1(C)OC(O)(C(F)(F)F)OC12CCCC2. The van der Waals surface area contributed by atoms with Gasteiger partial charge in [0.1, 0.15) is 16.8 Å². The van der Waals surface area contributed by atoms with Crippen LogP contribution in [0.3, 0.4) is 0 Å². The Bertz CT molecular complexity index is 1240. The van der Waals surface area contributed by atoms with E-state index in [1.165, 1.54) is 34.6 Å². The lowest BCUT2D eigenvalue weighted by Crippen LogP contribution is -2.59. The van der Waals surface area contributed by atoms with Crippen LogP contribution in [0.4, 0.5) is 39.5 Å². The minimum atomic E-state index is -5.00. The normalized spacial score (nSPS) is 31.8. The van der Waals surface area contributed by atoms with Gasteiger partial charge in [0.2, 0.25) is 0 Å². The third-order valence-corrected chi connectivity index (χ3v) is 10.6. The van der Waals surface area contributed by atoms with E-state index in [0.29, 0.717) is 45.4 Å². The summed E-state index contributed by atoms with van der Waals surface area (Å²) in [4.78, 5) is 11.6. The number of esters is 1. The van der Waals surface area contributed by atoms with Crippen LogP contribution < -0.4 is 0 Å². The predicted octanol–water partition coefficient (Wildman–Crippen LogP) is 7.40. The van der Waals surface area contributed by atoms with E-state index in [1.807, 2.05) is 0 Å². The van der Waals surface area contributed by atoms with Crippen molar-refractivity contribution in [3.63, 3.8) is 0 Å². The highest BCUT2D eigenvalue weighted by Gasteiger charge is 2.76. The van der Waals surface area contributed by atoms with Crippen molar-refractivity contribution >= 4 is 5.97 Å². The molecule has 0 aromatic carbocycles. The first-order valence-corrected chi connectivity index (χ1v) is 16.3. The molecule has 0 aromatic heterocycles. The molecule has 2 heterocycles. The summed E-state index contributed by atoms with van der Waals surface area (Å²) in [6.07, 6.45) is -8.71. The van der Waals surface area contributed by atoms with Crippen molar-refractivity contribution in [3.8, 4) is 0 Å². The number of rotatable bonds is 3. The van der Waals surface area contributed by atoms with Gasteiger partial charge in [-0.15, -0.1) is 0 Å². The Morgan fingerprint density at radius 3 is 1.38 bits per heavy atom. The van der Waals surface area contributed by atoms with Crippen LogP contribution in [0.1, 0.15) is 119 Å². The quantitative estimate of drug-likeness (QED) is 0.154. The molecule has 2 saturated heterocycles. The molecule has 3 saturated carbocycles. The van der Waals surface area contributed by atoms with Crippen molar-refractivity contribution in [2.45, 2.75) is 183 Å². The highest BCUT2D eigenvalue weighted by molar-refractivity contribution is 5.87. The van der Waals surface area contributed by atoms with Crippen LogP contribution in [0, 0.1) is 0 Å². The Kier molecular flexibility index (Phi) is 11.4. The smallest absolute Gasteiger partial charge is 0.397 e. The van der Waals surface area contributed by atoms with Crippen molar-refractivity contribution in [3.05, 3.63) is 12.2 Å². The number of aliphatic hydroxyl groups is 3. The van der Waals surface area contributed by atoms with Crippen LogP contribution >= 0.6 is 0 Å². The molecule has 0 aromatic rings. The highest BCUT2D eigenvalue weighted by Crippen LogP contribution is 2.58. The molecule has 5 rings (SSSR count). The fraction of sp³-hybridized carbons (Fsp3) is 0.906. The van der Waals surface area contributed by atoms with Gasteiger partial charge in [-0.2, -0.15) is 39.5 Å². The molecular weight excluding hydrogens is 699 g/mol. The van der Waals surface area contributed by atoms with Crippen LogP contribution in [0.15, 0.2) is 12.2 Å². The van der Waals surface area contributed by atoms with Gasteiger partial charge in [-0.1, -0.05) is 45.1 Å². The second kappa shape index (κ2) is 13.3. The summed E-state index contributed by atoms with van der Waals surface area (Å²) in [7, 11) is 0. The van der Waals surface area contributed by atoms with Crippen molar-refractivity contribution in [2.24, 2.45) is 0 Å². The third kappa shape index (κ3) is 7.53. The summed E-state index contributed by atoms with van der Waals surface area (Å²) >= 11 is 0. The maximum absolute atomic E-state index is 13.5. The molecule has 50 heavy (non-hydrogen) atoms. The Balaban J connectivity index is 0.000000209. The van der Waals surface area contributed by atoms with Crippen LogP contribution in [0.2, 0.25) is 0 Å². The van der Waals surface area contributed by atoms with Crippen LogP contribution in [-0.2, 0) is 28.5 Å². The van der Waals surface area contributed by atoms with E-state index in [1.54, 1.807) is 0 Å². The van der Waals surface area contributed by atoms with Crippen LogP contribution in [0.25, 0.3) is 0 Å².